The van der Waals surface area contributed by atoms with Gasteiger partial charge >= 0.3 is 0 Å². The van der Waals surface area contributed by atoms with E-state index in [4.69, 9.17) is 5.10 Å². The summed E-state index contributed by atoms with van der Waals surface area (Å²) < 4.78 is 15.9. The van der Waals surface area contributed by atoms with Crippen molar-refractivity contribution in [3.63, 3.8) is 0 Å². The third kappa shape index (κ3) is 2.04. The van der Waals surface area contributed by atoms with Crippen LogP contribution >= 0.6 is 0 Å². The summed E-state index contributed by atoms with van der Waals surface area (Å²) >= 11 is 0. The summed E-state index contributed by atoms with van der Waals surface area (Å²) in [6.07, 6.45) is 7.00. The third-order valence-electron chi connectivity index (χ3n) is 5.46. The maximum atomic E-state index is 12.1. The minimum atomic E-state index is -0.977. The number of nitrogens with zero attached hydrogens (tertiary/aromatic N) is 5. The highest BCUT2D eigenvalue weighted by atomic mass is 32.2. The van der Waals surface area contributed by atoms with Gasteiger partial charge in [-0.2, -0.15) is 10.4 Å². The summed E-state index contributed by atoms with van der Waals surface area (Å²) in [6.45, 7) is 3.11. The van der Waals surface area contributed by atoms with Gasteiger partial charge in [-0.05, 0) is 17.2 Å². The molecule has 3 aromatic rings. The summed E-state index contributed by atoms with van der Waals surface area (Å²) in [5, 5.41) is 15.4. The minimum absolute atomic E-state index is 0.365. The number of aromatic amines is 1. The predicted octanol–water partition coefficient (Wildman–Crippen LogP) is 1.94. The Labute approximate surface area is 153 Å². The van der Waals surface area contributed by atoms with Crippen molar-refractivity contribution < 1.29 is 4.21 Å². The van der Waals surface area contributed by atoms with Crippen molar-refractivity contribution >= 4 is 22.0 Å². The molecule has 8 heteroatoms. The molecule has 1 atom stereocenters. The number of H-pyrrole nitrogens is 1. The van der Waals surface area contributed by atoms with Crippen LogP contribution in [0, 0.1) is 11.3 Å². The predicted molar refractivity (Wildman–Crippen MR) is 98.6 cm³/mol. The standard InChI is InChI=1S/C18H18N6OS/c1-2-26(25)23-10-18(11-23,4-5-19)24-9-14-13-3-6-20-17-16(13)12(8-21-17)7-15(14)22-24/h3,6,8-9H,2,4,7,10-11H2,1H3,(H,20,21). The van der Waals surface area contributed by atoms with E-state index in [-0.39, 0.29) is 5.54 Å². The molecule has 1 aliphatic carbocycles. The molecule has 2 aliphatic rings. The van der Waals surface area contributed by atoms with Crippen LogP contribution in [0.2, 0.25) is 0 Å². The fraction of sp³-hybridized carbons (Fsp3) is 0.389. The smallest absolute Gasteiger partial charge is 0.138 e. The second-order valence-electron chi connectivity index (χ2n) is 6.97. The van der Waals surface area contributed by atoms with Gasteiger partial charge in [0.2, 0.25) is 0 Å². The lowest BCUT2D eigenvalue weighted by atomic mass is 9.89. The monoisotopic (exact) mass is 366 g/mol. The van der Waals surface area contributed by atoms with Crippen LogP contribution in [0.5, 0.6) is 0 Å². The van der Waals surface area contributed by atoms with Crippen molar-refractivity contribution in [3.8, 4) is 17.2 Å². The quantitative estimate of drug-likeness (QED) is 0.597. The molecule has 1 fully saturated rings. The highest BCUT2D eigenvalue weighted by Crippen LogP contribution is 2.41. The third-order valence-corrected chi connectivity index (χ3v) is 6.79. The number of fused-ring (bicyclic) bond motifs is 2. The van der Waals surface area contributed by atoms with Crippen LogP contribution in [0.4, 0.5) is 0 Å². The molecule has 5 rings (SSSR count). The first-order chi connectivity index (χ1) is 12.6. The molecular weight excluding hydrogens is 348 g/mol. The van der Waals surface area contributed by atoms with Gasteiger partial charge < -0.3 is 4.98 Å². The molecule has 0 radical (unpaired) electrons. The Bertz CT molecular complexity index is 1080. The Morgan fingerprint density at radius 3 is 3.04 bits per heavy atom. The van der Waals surface area contributed by atoms with E-state index in [1.807, 2.05) is 34.4 Å². The zero-order chi connectivity index (χ0) is 17.9. The number of pyridine rings is 1. The molecule has 7 nitrogen and oxygen atoms in total. The zero-order valence-corrected chi connectivity index (χ0v) is 15.2. The van der Waals surface area contributed by atoms with Crippen molar-refractivity contribution in [2.24, 2.45) is 0 Å². The van der Waals surface area contributed by atoms with E-state index in [1.54, 1.807) is 0 Å². The molecule has 132 valence electrons. The van der Waals surface area contributed by atoms with Gasteiger partial charge in [-0.25, -0.2) is 13.5 Å². The van der Waals surface area contributed by atoms with Gasteiger partial charge in [0.05, 0.1) is 29.2 Å². The van der Waals surface area contributed by atoms with E-state index in [0.29, 0.717) is 25.3 Å². The van der Waals surface area contributed by atoms with Crippen molar-refractivity contribution in [2.45, 2.75) is 25.3 Å². The highest BCUT2D eigenvalue weighted by molar-refractivity contribution is 7.82. The first kappa shape index (κ1) is 15.7. The number of nitrogens with one attached hydrogen (secondary N) is 1. The normalized spacial score (nSPS) is 18.9. The summed E-state index contributed by atoms with van der Waals surface area (Å²) in [5.41, 5.74) is 4.99. The number of nitriles is 1. The topological polar surface area (TPSA) is 90.6 Å². The van der Waals surface area contributed by atoms with Gasteiger partial charge in [0.15, 0.2) is 0 Å². The summed E-state index contributed by atoms with van der Waals surface area (Å²) in [4.78, 5) is 7.63. The molecule has 4 heterocycles. The Morgan fingerprint density at radius 1 is 1.42 bits per heavy atom. The van der Waals surface area contributed by atoms with E-state index in [1.165, 1.54) is 5.56 Å². The van der Waals surface area contributed by atoms with Crippen LogP contribution < -0.4 is 0 Å². The molecule has 0 spiro atoms. The first-order valence-corrected chi connectivity index (χ1v) is 9.97. The maximum absolute atomic E-state index is 12.1. The largest absolute Gasteiger partial charge is 0.346 e. The van der Waals surface area contributed by atoms with E-state index in [0.717, 1.165) is 34.3 Å². The van der Waals surface area contributed by atoms with Crippen LogP contribution in [0.15, 0.2) is 24.7 Å². The molecule has 0 aromatic carbocycles. The van der Waals surface area contributed by atoms with Gasteiger partial charge in [0.1, 0.15) is 11.2 Å². The maximum Gasteiger partial charge on any atom is 0.138 e. The zero-order valence-electron chi connectivity index (χ0n) is 14.4. The fourth-order valence-electron chi connectivity index (χ4n) is 4.10. The van der Waals surface area contributed by atoms with E-state index in [2.05, 4.69) is 22.2 Å². The Hall–Kier alpha value is -2.50. The summed E-state index contributed by atoms with van der Waals surface area (Å²) in [6, 6.07) is 4.32. The molecule has 0 bridgehead atoms. The second-order valence-corrected chi connectivity index (χ2v) is 8.71. The van der Waals surface area contributed by atoms with Crippen molar-refractivity contribution in [1.29, 1.82) is 5.26 Å². The lowest BCUT2D eigenvalue weighted by molar-refractivity contribution is 0.0761. The molecule has 0 saturated carbocycles. The van der Waals surface area contributed by atoms with Gasteiger partial charge in [0.25, 0.3) is 0 Å². The molecule has 1 unspecified atom stereocenters. The summed E-state index contributed by atoms with van der Waals surface area (Å²) in [7, 11) is -0.977. The van der Waals surface area contributed by atoms with Gasteiger partial charge in [0, 0.05) is 54.8 Å². The lowest BCUT2D eigenvalue weighted by Gasteiger charge is -2.47. The average Bonchev–Trinajstić information content (AvgIpc) is 3.23. The van der Waals surface area contributed by atoms with Gasteiger partial charge in [-0.1, -0.05) is 6.92 Å². The van der Waals surface area contributed by atoms with E-state index < -0.39 is 11.0 Å². The summed E-state index contributed by atoms with van der Waals surface area (Å²) in [5.74, 6) is 0.600. The minimum Gasteiger partial charge on any atom is -0.346 e. The number of rotatable bonds is 4. The highest BCUT2D eigenvalue weighted by Gasteiger charge is 2.48. The fourth-order valence-corrected chi connectivity index (χ4v) is 5.23. The molecule has 1 saturated heterocycles. The Morgan fingerprint density at radius 2 is 2.27 bits per heavy atom. The van der Waals surface area contributed by atoms with Crippen LogP contribution in [0.25, 0.3) is 22.2 Å². The molecule has 3 aromatic heterocycles. The van der Waals surface area contributed by atoms with Crippen molar-refractivity contribution in [1.82, 2.24) is 24.1 Å². The van der Waals surface area contributed by atoms with E-state index >= 15 is 0 Å². The molecule has 1 aliphatic heterocycles. The number of aromatic nitrogens is 4. The van der Waals surface area contributed by atoms with Crippen LogP contribution in [0.1, 0.15) is 24.6 Å². The molecule has 26 heavy (non-hydrogen) atoms. The van der Waals surface area contributed by atoms with Crippen LogP contribution in [-0.2, 0) is 22.9 Å². The number of hydrogen-bond acceptors (Lipinski definition) is 4. The van der Waals surface area contributed by atoms with E-state index in [9.17, 15) is 9.47 Å². The average molecular weight is 366 g/mol. The number of hydrogen-bond donors (Lipinski definition) is 1. The van der Waals surface area contributed by atoms with Gasteiger partial charge in [-0.15, -0.1) is 0 Å². The Balaban J connectivity index is 1.57. The molecule has 1 N–H and O–H groups in total. The van der Waals surface area contributed by atoms with Crippen molar-refractivity contribution in [2.75, 3.05) is 18.8 Å². The lowest BCUT2D eigenvalue weighted by Crippen LogP contribution is -2.63. The van der Waals surface area contributed by atoms with Crippen LogP contribution in [-0.4, -0.2) is 47.1 Å². The molecule has 0 amide bonds. The second kappa shape index (κ2) is 5.50. The van der Waals surface area contributed by atoms with Gasteiger partial charge in [-0.3, -0.25) is 4.68 Å². The Kier molecular flexibility index (Phi) is 3.33. The van der Waals surface area contributed by atoms with Crippen molar-refractivity contribution in [3.05, 3.63) is 35.9 Å². The molecular formula is C18H18N6OS. The first-order valence-electron chi connectivity index (χ1n) is 8.70. The van der Waals surface area contributed by atoms with Crippen LogP contribution in [0.3, 0.4) is 0 Å². The SMILES string of the molecule is CCS(=O)N1CC(CC#N)(n2cc3c(n2)Cc2c[nH]c4nccc-3c24)C1.